The van der Waals surface area contributed by atoms with Gasteiger partial charge in [-0.1, -0.05) is 6.07 Å². The average molecular weight is 299 g/mol. The third-order valence-corrected chi connectivity index (χ3v) is 4.20. The fourth-order valence-corrected chi connectivity index (χ4v) is 2.45. The number of imidazole rings is 1. The van der Waals surface area contributed by atoms with E-state index in [2.05, 4.69) is 4.98 Å². The van der Waals surface area contributed by atoms with Crippen LogP contribution < -0.4 is 0 Å². The third kappa shape index (κ3) is 2.42. The molecule has 6 heteroatoms. The molecular formula is C13H12Cl2N2O2. The molecule has 0 amide bonds. The average Bonchev–Trinajstić information content (AvgIpc) is 2.78. The van der Waals surface area contributed by atoms with E-state index in [1.165, 1.54) is 0 Å². The van der Waals surface area contributed by atoms with Gasteiger partial charge in [0.05, 0.1) is 6.61 Å². The number of pyridine rings is 1. The number of fused-ring (bicyclic) bond motifs is 1. The van der Waals surface area contributed by atoms with Crippen LogP contribution in [0.3, 0.4) is 0 Å². The van der Waals surface area contributed by atoms with Gasteiger partial charge in [-0.2, -0.15) is 0 Å². The molecule has 1 unspecified atom stereocenters. The predicted octanol–water partition coefficient (Wildman–Crippen LogP) is 2.99. The lowest BCUT2D eigenvalue weighted by Gasteiger charge is -2.01. The summed E-state index contributed by atoms with van der Waals surface area (Å²) in [5, 5.41) is 0. The fraction of sp³-hybridized carbons (Fsp3) is 0.385. The van der Waals surface area contributed by atoms with Crippen LogP contribution >= 0.6 is 23.2 Å². The van der Waals surface area contributed by atoms with E-state index < -0.39 is 10.3 Å². The van der Waals surface area contributed by atoms with Crippen molar-refractivity contribution in [3.8, 4) is 0 Å². The molecule has 2 heterocycles. The van der Waals surface area contributed by atoms with Crippen molar-refractivity contribution in [1.82, 2.24) is 9.38 Å². The second-order valence-electron chi connectivity index (χ2n) is 4.78. The first-order chi connectivity index (χ1) is 8.97. The maximum absolute atomic E-state index is 11.9. The van der Waals surface area contributed by atoms with Crippen molar-refractivity contribution >= 4 is 34.8 Å². The van der Waals surface area contributed by atoms with Crippen molar-refractivity contribution in [2.45, 2.75) is 17.7 Å². The Morgan fingerprint density at radius 1 is 1.58 bits per heavy atom. The molecule has 0 bridgehead atoms. The van der Waals surface area contributed by atoms with E-state index in [4.69, 9.17) is 27.9 Å². The van der Waals surface area contributed by atoms with Gasteiger partial charge in [-0.25, -0.2) is 9.78 Å². The van der Waals surface area contributed by atoms with Crippen molar-refractivity contribution in [3.05, 3.63) is 35.8 Å². The van der Waals surface area contributed by atoms with Gasteiger partial charge in [0.25, 0.3) is 0 Å². The van der Waals surface area contributed by atoms with Gasteiger partial charge < -0.3 is 9.14 Å². The molecular weight excluding hydrogens is 287 g/mol. The van der Waals surface area contributed by atoms with Gasteiger partial charge in [0, 0.05) is 17.8 Å². The zero-order valence-corrected chi connectivity index (χ0v) is 11.8. The molecule has 0 aromatic carbocycles. The van der Waals surface area contributed by atoms with Gasteiger partial charge >= 0.3 is 5.97 Å². The van der Waals surface area contributed by atoms with Gasteiger partial charge in [-0.05, 0) is 25.5 Å². The number of aromatic nitrogens is 2. The Hall–Kier alpha value is -1.26. The highest BCUT2D eigenvalue weighted by atomic mass is 35.5. The molecule has 1 fully saturated rings. The minimum atomic E-state index is -0.726. The summed E-state index contributed by atoms with van der Waals surface area (Å²) < 4.78 is 6.30. The van der Waals surface area contributed by atoms with E-state index in [1.807, 2.05) is 29.5 Å². The predicted molar refractivity (Wildman–Crippen MR) is 72.8 cm³/mol. The molecule has 0 aliphatic heterocycles. The Morgan fingerprint density at radius 3 is 2.95 bits per heavy atom. The first-order valence-electron chi connectivity index (χ1n) is 5.97. The van der Waals surface area contributed by atoms with E-state index in [9.17, 15) is 4.79 Å². The van der Waals surface area contributed by atoms with Crippen molar-refractivity contribution in [3.63, 3.8) is 0 Å². The summed E-state index contributed by atoms with van der Waals surface area (Å²) in [5.74, 6) is -0.419. The van der Waals surface area contributed by atoms with Crippen LogP contribution in [0.5, 0.6) is 0 Å². The number of nitrogens with zero attached hydrogens (tertiary/aromatic N) is 2. The normalized spacial score (nSPS) is 20.5. The largest absolute Gasteiger partial charge is 0.461 e. The van der Waals surface area contributed by atoms with Gasteiger partial charge in [0.15, 0.2) is 5.69 Å². The van der Waals surface area contributed by atoms with Crippen LogP contribution in [0.25, 0.3) is 5.65 Å². The standard InChI is InChI=1S/C13H12Cl2N2O2/c1-8-3-2-4-11-16-10(6-17(8)11)12(18)19-7-9-5-13(9,14)15/h2-4,6,9H,5,7H2,1H3. The summed E-state index contributed by atoms with van der Waals surface area (Å²) in [6.07, 6.45) is 2.34. The molecule has 1 aliphatic rings. The van der Waals surface area contributed by atoms with Crippen LogP contribution in [-0.4, -0.2) is 26.3 Å². The van der Waals surface area contributed by atoms with Crippen LogP contribution in [0, 0.1) is 12.8 Å². The number of esters is 1. The second kappa shape index (κ2) is 4.39. The maximum atomic E-state index is 11.9. The molecule has 19 heavy (non-hydrogen) atoms. The topological polar surface area (TPSA) is 43.6 Å². The van der Waals surface area contributed by atoms with E-state index in [-0.39, 0.29) is 12.5 Å². The molecule has 3 rings (SSSR count). The Bertz CT molecular complexity index is 651. The summed E-state index contributed by atoms with van der Waals surface area (Å²) in [4.78, 5) is 16.1. The number of halogens is 2. The zero-order valence-electron chi connectivity index (χ0n) is 10.3. The van der Waals surface area contributed by atoms with Gasteiger partial charge in [-0.3, -0.25) is 0 Å². The summed E-state index contributed by atoms with van der Waals surface area (Å²) in [7, 11) is 0. The molecule has 1 saturated carbocycles. The Morgan fingerprint density at radius 2 is 2.32 bits per heavy atom. The molecule has 4 nitrogen and oxygen atoms in total. The molecule has 2 aromatic rings. The molecule has 0 radical (unpaired) electrons. The minimum absolute atomic E-state index is 0.0264. The number of carbonyl (C=O) groups is 1. The quantitative estimate of drug-likeness (QED) is 0.646. The van der Waals surface area contributed by atoms with Gasteiger partial charge in [0.2, 0.25) is 0 Å². The van der Waals surface area contributed by atoms with Crippen molar-refractivity contribution in [2.24, 2.45) is 5.92 Å². The van der Waals surface area contributed by atoms with Crippen molar-refractivity contribution in [1.29, 1.82) is 0 Å². The number of hydrogen-bond donors (Lipinski definition) is 0. The molecule has 2 aromatic heterocycles. The number of hydrogen-bond acceptors (Lipinski definition) is 3. The van der Waals surface area contributed by atoms with Gasteiger partial charge in [0.1, 0.15) is 9.98 Å². The zero-order chi connectivity index (χ0) is 13.6. The molecule has 0 spiro atoms. The van der Waals surface area contributed by atoms with E-state index in [0.717, 1.165) is 11.3 Å². The molecule has 1 aliphatic carbocycles. The monoisotopic (exact) mass is 298 g/mol. The summed E-state index contributed by atoms with van der Waals surface area (Å²) in [6, 6.07) is 5.68. The summed E-state index contributed by atoms with van der Waals surface area (Å²) in [6.45, 7) is 2.18. The van der Waals surface area contributed by atoms with Crippen LogP contribution in [-0.2, 0) is 4.74 Å². The second-order valence-corrected chi connectivity index (χ2v) is 6.32. The van der Waals surface area contributed by atoms with Crippen molar-refractivity contribution < 1.29 is 9.53 Å². The third-order valence-electron chi connectivity index (χ3n) is 3.28. The molecule has 0 saturated heterocycles. The summed E-state index contributed by atoms with van der Waals surface area (Å²) in [5.41, 5.74) is 2.03. The number of aryl methyl sites for hydroxylation is 1. The van der Waals surface area contributed by atoms with Crippen LogP contribution in [0.4, 0.5) is 0 Å². The SMILES string of the molecule is Cc1cccc2nc(C(=O)OCC3CC3(Cl)Cl)cn12. The number of rotatable bonds is 3. The van der Waals surface area contributed by atoms with Gasteiger partial charge in [-0.15, -0.1) is 23.2 Å². The lowest BCUT2D eigenvalue weighted by atomic mass is 10.4. The minimum Gasteiger partial charge on any atom is -0.461 e. The lowest BCUT2D eigenvalue weighted by molar-refractivity contribution is 0.0479. The van der Waals surface area contributed by atoms with E-state index in [0.29, 0.717) is 12.1 Å². The molecule has 100 valence electrons. The first kappa shape index (κ1) is 12.8. The Labute approximate surface area is 120 Å². The van der Waals surface area contributed by atoms with Crippen LogP contribution in [0.1, 0.15) is 22.6 Å². The first-order valence-corrected chi connectivity index (χ1v) is 6.72. The Balaban J connectivity index is 1.73. The summed E-state index contributed by atoms with van der Waals surface area (Å²) >= 11 is 11.8. The van der Waals surface area contributed by atoms with E-state index in [1.54, 1.807) is 6.20 Å². The smallest absolute Gasteiger partial charge is 0.358 e. The Kier molecular flexibility index (Phi) is 2.95. The van der Waals surface area contributed by atoms with Crippen LogP contribution in [0.2, 0.25) is 0 Å². The lowest BCUT2D eigenvalue weighted by Crippen LogP contribution is -2.10. The maximum Gasteiger partial charge on any atom is 0.358 e. The number of ether oxygens (including phenoxy) is 1. The highest BCUT2D eigenvalue weighted by molar-refractivity contribution is 6.50. The highest BCUT2D eigenvalue weighted by Crippen LogP contribution is 2.53. The number of alkyl halides is 2. The fourth-order valence-electron chi connectivity index (χ4n) is 1.95. The highest BCUT2D eigenvalue weighted by Gasteiger charge is 2.52. The van der Waals surface area contributed by atoms with Crippen molar-refractivity contribution in [2.75, 3.05) is 6.61 Å². The number of carbonyl (C=O) groups excluding carboxylic acids is 1. The molecule has 1 atom stereocenters. The molecule has 0 N–H and O–H groups in total. The van der Waals surface area contributed by atoms with E-state index >= 15 is 0 Å². The van der Waals surface area contributed by atoms with Crippen LogP contribution in [0.15, 0.2) is 24.4 Å².